The van der Waals surface area contributed by atoms with Crippen molar-refractivity contribution >= 4 is 36.2 Å². The predicted molar refractivity (Wildman–Crippen MR) is 171 cm³/mol. The number of anilines is 1. The van der Waals surface area contributed by atoms with Crippen LogP contribution in [-0.2, 0) is 14.3 Å². The highest BCUT2D eigenvalue weighted by Gasteiger charge is 2.39. The molecule has 2 aromatic rings. The van der Waals surface area contributed by atoms with E-state index in [0.29, 0.717) is 17.9 Å². The first-order valence-electron chi connectivity index (χ1n) is 14.4. The Labute approximate surface area is 252 Å². The minimum atomic E-state index is -0.989. The van der Waals surface area contributed by atoms with E-state index in [2.05, 4.69) is 37.1 Å². The van der Waals surface area contributed by atoms with E-state index < -0.39 is 23.8 Å². The van der Waals surface area contributed by atoms with Gasteiger partial charge in [-0.05, 0) is 102 Å². The molecule has 41 heavy (non-hydrogen) atoms. The molecule has 3 unspecified atom stereocenters. The van der Waals surface area contributed by atoms with Gasteiger partial charge in [0.1, 0.15) is 17.7 Å². The molecule has 2 rings (SSSR count). The van der Waals surface area contributed by atoms with Gasteiger partial charge in [-0.2, -0.15) is 12.6 Å². The maximum atomic E-state index is 14.3. The molecular weight excluding hydrogens is 534 g/mol. The van der Waals surface area contributed by atoms with Crippen LogP contribution in [0.1, 0.15) is 88.2 Å². The van der Waals surface area contributed by atoms with Crippen LogP contribution in [0.5, 0.6) is 0 Å². The minimum Gasteiger partial charge on any atom is -0.444 e. The molecule has 0 radical (unpaired) electrons. The zero-order valence-electron chi connectivity index (χ0n) is 26.4. The third-order valence-electron chi connectivity index (χ3n) is 7.17. The van der Waals surface area contributed by atoms with Gasteiger partial charge in [0, 0.05) is 17.5 Å². The summed E-state index contributed by atoms with van der Waals surface area (Å²) in [6.45, 7) is 19.4. The van der Waals surface area contributed by atoms with Crippen molar-refractivity contribution in [3.63, 3.8) is 0 Å². The van der Waals surface area contributed by atoms with Gasteiger partial charge in [-0.3, -0.25) is 9.59 Å². The number of nitrogens with zero attached hydrogens (tertiary/aromatic N) is 1. The minimum absolute atomic E-state index is 0.0453. The molecule has 2 N–H and O–H groups in total. The molecule has 3 atom stereocenters. The first-order chi connectivity index (χ1) is 19.0. The number of para-hydroxylation sites is 1. The number of hydrogen-bond acceptors (Lipinski definition) is 5. The number of carbonyl (C=O) groups excluding carboxylic acids is 3. The molecule has 0 aliphatic carbocycles. The summed E-state index contributed by atoms with van der Waals surface area (Å²) in [7, 11) is 0. The Hall–Kier alpha value is -3.00. The van der Waals surface area contributed by atoms with Crippen LogP contribution in [0.4, 0.5) is 10.5 Å². The maximum absolute atomic E-state index is 14.3. The summed E-state index contributed by atoms with van der Waals surface area (Å²) in [5, 5.41) is 5.83. The van der Waals surface area contributed by atoms with Crippen LogP contribution in [0, 0.1) is 33.6 Å². The van der Waals surface area contributed by atoms with E-state index in [0.717, 1.165) is 34.4 Å². The van der Waals surface area contributed by atoms with Gasteiger partial charge in [0.15, 0.2) is 0 Å². The van der Waals surface area contributed by atoms with Gasteiger partial charge >= 0.3 is 6.09 Å². The van der Waals surface area contributed by atoms with Crippen molar-refractivity contribution in [1.82, 2.24) is 10.2 Å². The van der Waals surface area contributed by atoms with E-state index in [4.69, 9.17) is 4.74 Å². The van der Waals surface area contributed by atoms with Crippen LogP contribution in [0.15, 0.2) is 36.4 Å². The highest BCUT2D eigenvalue weighted by molar-refractivity contribution is 7.80. The number of nitrogens with one attached hydrogen (secondary N) is 2. The maximum Gasteiger partial charge on any atom is 0.408 e. The summed E-state index contributed by atoms with van der Waals surface area (Å²) in [5.41, 5.74) is 4.68. The quantitative estimate of drug-likeness (QED) is 0.247. The van der Waals surface area contributed by atoms with Crippen molar-refractivity contribution in [1.29, 1.82) is 0 Å². The zero-order valence-corrected chi connectivity index (χ0v) is 27.3. The number of benzene rings is 2. The number of hydrogen-bond donors (Lipinski definition) is 3. The van der Waals surface area contributed by atoms with Gasteiger partial charge in [0.05, 0.1) is 0 Å². The van der Waals surface area contributed by atoms with E-state index >= 15 is 0 Å². The Morgan fingerprint density at radius 2 is 1.51 bits per heavy atom. The van der Waals surface area contributed by atoms with Crippen LogP contribution < -0.4 is 10.6 Å². The number of amides is 3. The number of rotatable bonds is 11. The van der Waals surface area contributed by atoms with Crippen molar-refractivity contribution in [2.24, 2.45) is 5.92 Å². The summed E-state index contributed by atoms with van der Waals surface area (Å²) >= 11 is 4.41. The molecule has 226 valence electrons. The summed E-state index contributed by atoms with van der Waals surface area (Å²) in [4.78, 5) is 43.0. The molecule has 0 aromatic heterocycles. The van der Waals surface area contributed by atoms with Crippen molar-refractivity contribution in [2.45, 2.75) is 106 Å². The van der Waals surface area contributed by atoms with Crippen LogP contribution in [-0.4, -0.2) is 46.2 Å². The number of thiol groups is 1. The second-order valence-corrected chi connectivity index (χ2v) is 12.8. The number of ether oxygens (including phenoxy) is 1. The SMILES string of the molecule is Cc1ccc(C(C(=O)Nc2c(C)cccc2C)N(C(=O)C(CS)NC(=O)OC(C)(C)C)C(C)CCC(C)C)cc1C. The van der Waals surface area contributed by atoms with E-state index in [1.165, 1.54) is 0 Å². The normalized spacial score (nSPS) is 13.8. The van der Waals surface area contributed by atoms with Gasteiger partial charge in [-0.25, -0.2) is 4.79 Å². The molecule has 3 amide bonds. The molecule has 2 aromatic carbocycles. The van der Waals surface area contributed by atoms with Crippen LogP contribution >= 0.6 is 12.6 Å². The van der Waals surface area contributed by atoms with Crippen molar-refractivity contribution in [2.75, 3.05) is 11.1 Å². The highest BCUT2D eigenvalue weighted by Crippen LogP contribution is 2.31. The Morgan fingerprint density at radius 3 is 2.02 bits per heavy atom. The molecule has 7 nitrogen and oxygen atoms in total. The number of alkyl carbamates (subject to hydrolysis) is 1. The third kappa shape index (κ3) is 9.80. The molecule has 0 fully saturated rings. The van der Waals surface area contributed by atoms with E-state index in [9.17, 15) is 14.4 Å². The van der Waals surface area contributed by atoms with Crippen molar-refractivity contribution in [3.05, 3.63) is 64.2 Å². The van der Waals surface area contributed by atoms with Gasteiger partial charge in [-0.15, -0.1) is 0 Å². The smallest absolute Gasteiger partial charge is 0.408 e. The third-order valence-corrected chi connectivity index (χ3v) is 7.53. The molecule has 0 saturated heterocycles. The average molecular weight is 584 g/mol. The molecule has 0 aliphatic rings. The lowest BCUT2D eigenvalue weighted by Crippen LogP contribution is -2.55. The fourth-order valence-electron chi connectivity index (χ4n) is 4.70. The van der Waals surface area contributed by atoms with Crippen LogP contribution in [0.2, 0.25) is 0 Å². The summed E-state index contributed by atoms with van der Waals surface area (Å²) < 4.78 is 5.43. The van der Waals surface area contributed by atoms with E-state index in [1.54, 1.807) is 25.7 Å². The average Bonchev–Trinajstić information content (AvgIpc) is 2.86. The molecular formula is C33H49N3O4S. The van der Waals surface area contributed by atoms with Crippen LogP contribution in [0.3, 0.4) is 0 Å². The molecule has 0 heterocycles. The Kier molecular flexibility index (Phi) is 12.3. The second kappa shape index (κ2) is 14.8. The number of aryl methyl sites for hydroxylation is 4. The first-order valence-corrected chi connectivity index (χ1v) is 15.1. The summed E-state index contributed by atoms with van der Waals surface area (Å²) in [6, 6.07) is 9.46. The van der Waals surface area contributed by atoms with Crippen LogP contribution in [0.25, 0.3) is 0 Å². The lowest BCUT2D eigenvalue weighted by molar-refractivity contribution is -0.143. The Balaban J connectivity index is 2.65. The standard InChI is InChI=1S/C33H49N3O4S/c1-20(2)14-16-25(7)36(31(38)27(19-41)34-32(39)40-33(8,9)10)29(26-17-15-21(3)24(6)18-26)30(37)35-28-22(4)12-11-13-23(28)5/h11-13,15,17-18,20,25,27,29,41H,14,16,19H2,1-10H3,(H,34,39)(H,35,37). The molecule has 8 heteroatoms. The van der Waals surface area contributed by atoms with Crippen molar-refractivity contribution < 1.29 is 19.1 Å². The monoisotopic (exact) mass is 583 g/mol. The lowest BCUT2D eigenvalue weighted by Gasteiger charge is -2.39. The number of carbonyl (C=O) groups is 3. The zero-order chi connectivity index (χ0) is 31.1. The first kappa shape index (κ1) is 34.2. The van der Waals surface area contributed by atoms with Gasteiger partial charge in [0.2, 0.25) is 5.91 Å². The summed E-state index contributed by atoms with van der Waals surface area (Å²) in [5.74, 6) is -0.241. The van der Waals surface area contributed by atoms with E-state index in [-0.39, 0.29) is 23.6 Å². The molecule has 0 aliphatic heterocycles. The molecule has 0 saturated carbocycles. The lowest BCUT2D eigenvalue weighted by atomic mass is 9.95. The fourth-order valence-corrected chi connectivity index (χ4v) is 4.95. The Morgan fingerprint density at radius 1 is 0.902 bits per heavy atom. The topological polar surface area (TPSA) is 87.7 Å². The molecule has 0 bridgehead atoms. The second-order valence-electron chi connectivity index (χ2n) is 12.4. The summed E-state index contributed by atoms with van der Waals surface area (Å²) in [6.07, 6.45) is 0.851. The van der Waals surface area contributed by atoms with Gasteiger partial charge < -0.3 is 20.3 Å². The van der Waals surface area contributed by atoms with Crippen molar-refractivity contribution in [3.8, 4) is 0 Å². The van der Waals surface area contributed by atoms with Gasteiger partial charge in [0.25, 0.3) is 5.91 Å². The largest absolute Gasteiger partial charge is 0.444 e. The Bertz CT molecular complexity index is 1200. The highest BCUT2D eigenvalue weighted by atomic mass is 32.1. The fraction of sp³-hybridized carbons (Fsp3) is 0.545. The van der Waals surface area contributed by atoms with Gasteiger partial charge in [-0.1, -0.05) is 50.2 Å². The molecule has 0 spiro atoms. The predicted octanol–water partition coefficient (Wildman–Crippen LogP) is 7.08. The van der Waals surface area contributed by atoms with E-state index in [1.807, 2.05) is 71.0 Å².